The Balaban J connectivity index is 1.70. The Kier molecular flexibility index (Phi) is 8.36. The number of sulfonamides is 1. The minimum absolute atomic E-state index is 0.0427. The zero-order valence-corrected chi connectivity index (χ0v) is 20.9. The number of halogens is 1. The molecule has 10 nitrogen and oxygen atoms in total. The van der Waals surface area contributed by atoms with Crippen LogP contribution in [-0.4, -0.2) is 65.0 Å². The van der Waals surface area contributed by atoms with Crippen LogP contribution < -0.4 is 10.1 Å². The number of rotatable bonds is 7. The van der Waals surface area contributed by atoms with Crippen LogP contribution in [0.15, 0.2) is 41.3 Å². The molecule has 35 heavy (non-hydrogen) atoms. The molecule has 188 valence electrons. The number of carbonyl (C=O) groups is 3. The summed E-state index contributed by atoms with van der Waals surface area (Å²) in [5.74, 6) is -1.81. The Morgan fingerprint density at radius 3 is 2.00 bits per heavy atom. The normalized spacial score (nSPS) is 14.7. The van der Waals surface area contributed by atoms with E-state index in [0.717, 1.165) is 0 Å². The van der Waals surface area contributed by atoms with Gasteiger partial charge in [0.2, 0.25) is 15.9 Å². The maximum Gasteiger partial charge on any atom is 0.337 e. The number of hydrogen-bond donors (Lipinski definition) is 1. The van der Waals surface area contributed by atoms with Crippen molar-refractivity contribution >= 4 is 45.2 Å². The standard InChI is InChI=1S/C23H25ClN2O8S/c1-32-20-5-4-18(13-19(20)24)35(30,31)26-8-6-14(7-9-26)21(27)25-17-11-15(22(28)33-2)10-16(12-17)23(29)34-3/h4-5,10-14H,6-9H2,1-3H3,(H,25,27). The number of carbonyl (C=O) groups excluding carboxylic acids is 3. The third-order valence-electron chi connectivity index (χ3n) is 5.63. The van der Waals surface area contributed by atoms with Crippen LogP contribution in [0.4, 0.5) is 5.69 Å². The van der Waals surface area contributed by atoms with Gasteiger partial charge in [0.15, 0.2) is 0 Å². The van der Waals surface area contributed by atoms with Gasteiger partial charge in [-0.15, -0.1) is 0 Å². The van der Waals surface area contributed by atoms with Crippen LogP contribution in [0.2, 0.25) is 5.02 Å². The van der Waals surface area contributed by atoms with E-state index in [1.807, 2.05) is 0 Å². The van der Waals surface area contributed by atoms with Gasteiger partial charge in [0.05, 0.1) is 42.4 Å². The number of nitrogens with one attached hydrogen (secondary N) is 1. The number of piperidine rings is 1. The van der Waals surface area contributed by atoms with E-state index in [9.17, 15) is 22.8 Å². The molecule has 1 aliphatic heterocycles. The Bertz CT molecular complexity index is 1210. The molecule has 12 heteroatoms. The monoisotopic (exact) mass is 524 g/mol. The summed E-state index contributed by atoms with van der Waals surface area (Å²) in [6, 6.07) is 8.34. The number of benzene rings is 2. The van der Waals surface area contributed by atoms with E-state index in [1.54, 1.807) is 0 Å². The molecule has 1 aliphatic rings. The summed E-state index contributed by atoms with van der Waals surface area (Å²) in [7, 11) is 0.0459. The van der Waals surface area contributed by atoms with Crippen LogP contribution in [0.1, 0.15) is 33.6 Å². The van der Waals surface area contributed by atoms with Gasteiger partial charge in [-0.25, -0.2) is 18.0 Å². The lowest BCUT2D eigenvalue weighted by Gasteiger charge is -2.30. The van der Waals surface area contributed by atoms with E-state index >= 15 is 0 Å². The van der Waals surface area contributed by atoms with Crippen molar-refractivity contribution in [3.05, 3.63) is 52.5 Å². The molecule has 1 saturated heterocycles. The van der Waals surface area contributed by atoms with E-state index in [0.29, 0.717) is 5.75 Å². The van der Waals surface area contributed by atoms with Gasteiger partial charge in [-0.05, 0) is 49.2 Å². The number of methoxy groups -OCH3 is 3. The zero-order valence-electron chi connectivity index (χ0n) is 19.4. The zero-order chi connectivity index (χ0) is 25.8. The summed E-state index contributed by atoms with van der Waals surface area (Å²) in [6.07, 6.45) is 0.574. The minimum Gasteiger partial charge on any atom is -0.495 e. The molecule has 2 aromatic carbocycles. The summed E-state index contributed by atoms with van der Waals surface area (Å²) in [6.45, 7) is 0.277. The van der Waals surface area contributed by atoms with E-state index in [1.165, 1.54) is 62.0 Å². The minimum atomic E-state index is -3.79. The summed E-state index contributed by atoms with van der Waals surface area (Å²) < 4.78 is 41.8. The maximum atomic E-state index is 13.0. The van der Waals surface area contributed by atoms with E-state index < -0.39 is 27.9 Å². The molecule has 2 aromatic rings. The topological polar surface area (TPSA) is 128 Å². The van der Waals surface area contributed by atoms with Gasteiger partial charge >= 0.3 is 11.9 Å². The Hall–Kier alpha value is -3.15. The molecule has 1 fully saturated rings. The molecule has 1 amide bonds. The third-order valence-corrected chi connectivity index (χ3v) is 7.82. The van der Waals surface area contributed by atoms with Gasteiger partial charge in [0.25, 0.3) is 0 Å². The van der Waals surface area contributed by atoms with Gasteiger partial charge in [-0.2, -0.15) is 4.31 Å². The number of nitrogens with zero attached hydrogens (tertiary/aromatic N) is 1. The van der Waals surface area contributed by atoms with Gasteiger partial charge in [0.1, 0.15) is 5.75 Å². The van der Waals surface area contributed by atoms with Crippen molar-refractivity contribution in [2.75, 3.05) is 39.7 Å². The van der Waals surface area contributed by atoms with Crippen molar-refractivity contribution < 1.29 is 37.0 Å². The number of ether oxygens (including phenoxy) is 3. The van der Waals surface area contributed by atoms with Gasteiger partial charge < -0.3 is 19.5 Å². The van der Waals surface area contributed by atoms with Gasteiger partial charge in [-0.3, -0.25) is 4.79 Å². The van der Waals surface area contributed by atoms with Crippen molar-refractivity contribution in [3.63, 3.8) is 0 Å². The summed E-state index contributed by atoms with van der Waals surface area (Å²) in [5.41, 5.74) is 0.371. The molecule has 0 bridgehead atoms. The van der Waals surface area contributed by atoms with Crippen molar-refractivity contribution in [2.24, 2.45) is 5.92 Å². The predicted molar refractivity (Wildman–Crippen MR) is 127 cm³/mol. The van der Waals surface area contributed by atoms with Crippen LogP contribution in [0.25, 0.3) is 0 Å². The van der Waals surface area contributed by atoms with Crippen molar-refractivity contribution in [1.82, 2.24) is 4.31 Å². The highest BCUT2D eigenvalue weighted by atomic mass is 35.5. The molecule has 0 radical (unpaired) electrons. The van der Waals surface area contributed by atoms with Crippen LogP contribution in [-0.2, 0) is 24.3 Å². The fourth-order valence-electron chi connectivity index (χ4n) is 3.73. The van der Waals surface area contributed by atoms with E-state index in [2.05, 4.69) is 5.32 Å². The van der Waals surface area contributed by atoms with Crippen LogP contribution in [0, 0.1) is 5.92 Å². The van der Waals surface area contributed by atoms with E-state index in [-0.39, 0.29) is 58.6 Å². The molecule has 0 aromatic heterocycles. The summed E-state index contributed by atoms with van der Waals surface area (Å²) in [5, 5.41) is 2.89. The molecular weight excluding hydrogens is 500 g/mol. The van der Waals surface area contributed by atoms with Gasteiger partial charge in [-0.1, -0.05) is 11.6 Å². The quantitative estimate of drug-likeness (QED) is 0.547. The SMILES string of the molecule is COC(=O)c1cc(NC(=O)C2CCN(S(=O)(=O)c3ccc(OC)c(Cl)c3)CC2)cc(C(=O)OC)c1. The maximum absolute atomic E-state index is 13.0. The predicted octanol–water partition coefficient (Wildman–Crippen LogP) is 2.96. The molecule has 1 N–H and O–H groups in total. The average molecular weight is 525 g/mol. The molecular formula is C23H25ClN2O8S. The number of amides is 1. The number of anilines is 1. The second-order valence-electron chi connectivity index (χ2n) is 7.75. The number of esters is 2. The fraction of sp³-hybridized carbons (Fsp3) is 0.348. The van der Waals surface area contributed by atoms with Crippen LogP contribution in [0.5, 0.6) is 5.75 Å². The van der Waals surface area contributed by atoms with Crippen LogP contribution in [0.3, 0.4) is 0 Å². The van der Waals surface area contributed by atoms with Crippen molar-refractivity contribution in [2.45, 2.75) is 17.7 Å². The highest BCUT2D eigenvalue weighted by molar-refractivity contribution is 7.89. The molecule has 0 atom stereocenters. The average Bonchev–Trinajstić information content (AvgIpc) is 2.87. The van der Waals surface area contributed by atoms with Gasteiger partial charge in [0, 0.05) is 24.7 Å². The molecule has 3 rings (SSSR count). The summed E-state index contributed by atoms with van der Waals surface area (Å²) in [4.78, 5) is 36.8. The summed E-state index contributed by atoms with van der Waals surface area (Å²) >= 11 is 6.08. The van der Waals surface area contributed by atoms with E-state index in [4.69, 9.17) is 25.8 Å². The third kappa shape index (κ3) is 5.92. The van der Waals surface area contributed by atoms with Crippen molar-refractivity contribution in [3.8, 4) is 5.75 Å². The molecule has 0 unspecified atom stereocenters. The first-order chi connectivity index (χ1) is 16.6. The lowest BCUT2D eigenvalue weighted by Crippen LogP contribution is -2.41. The Labute approximate surface area is 208 Å². The molecule has 1 heterocycles. The first kappa shape index (κ1) is 26.5. The van der Waals surface area contributed by atoms with Crippen molar-refractivity contribution in [1.29, 1.82) is 0 Å². The first-order valence-corrected chi connectivity index (χ1v) is 12.4. The van der Waals surface area contributed by atoms with Crippen LogP contribution >= 0.6 is 11.6 Å². The highest BCUT2D eigenvalue weighted by Gasteiger charge is 2.32. The Morgan fingerprint density at radius 2 is 1.51 bits per heavy atom. The fourth-order valence-corrected chi connectivity index (χ4v) is 5.55. The number of hydrogen-bond acceptors (Lipinski definition) is 8. The lowest BCUT2D eigenvalue weighted by atomic mass is 9.97. The lowest BCUT2D eigenvalue weighted by molar-refractivity contribution is -0.120. The molecule has 0 aliphatic carbocycles. The second kappa shape index (κ2) is 11.1. The molecule has 0 saturated carbocycles. The Morgan fingerprint density at radius 1 is 0.943 bits per heavy atom. The first-order valence-electron chi connectivity index (χ1n) is 10.6. The highest BCUT2D eigenvalue weighted by Crippen LogP contribution is 2.30. The largest absolute Gasteiger partial charge is 0.495 e. The molecule has 0 spiro atoms. The second-order valence-corrected chi connectivity index (χ2v) is 10.1. The smallest absolute Gasteiger partial charge is 0.337 e.